The van der Waals surface area contributed by atoms with Crippen molar-refractivity contribution >= 4 is 45.0 Å². The summed E-state index contributed by atoms with van der Waals surface area (Å²) < 4.78 is 0. The number of unbranched alkanes of at least 4 members (excludes halogenated alkanes) is 1. The molecule has 0 aliphatic carbocycles. The number of rotatable bonds is 6. The van der Waals surface area contributed by atoms with Crippen LogP contribution in [0.2, 0.25) is 0 Å². The standard InChI is InChI=1S/C15H16N4OS3/c1-3-4-7-11-18-19-15(22-11)17-13(20)12-9(2)16-14(23-12)10-6-5-8-21-10/h5-6,8H,3-4,7H2,1-2H3,(H,17,19,20). The molecule has 0 fully saturated rings. The van der Waals surface area contributed by atoms with Crippen LogP contribution in [0.1, 0.15) is 40.1 Å². The lowest BCUT2D eigenvalue weighted by Crippen LogP contribution is -2.11. The average Bonchev–Trinajstić information content (AvgIpc) is 3.25. The van der Waals surface area contributed by atoms with Gasteiger partial charge in [-0.25, -0.2) is 4.98 Å². The zero-order chi connectivity index (χ0) is 16.2. The molecule has 3 rings (SSSR count). The first-order valence-corrected chi connectivity index (χ1v) is 9.83. The summed E-state index contributed by atoms with van der Waals surface area (Å²) in [6, 6.07) is 3.99. The van der Waals surface area contributed by atoms with E-state index in [4.69, 9.17) is 0 Å². The molecule has 0 aliphatic heterocycles. The number of thiophene rings is 1. The molecule has 0 atom stereocenters. The lowest BCUT2D eigenvalue weighted by atomic mass is 10.3. The zero-order valence-electron chi connectivity index (χ0n) is 12.8. The lowest BCUT2D eigenvalue weighted by Gasteiger charge is -1.98. The molecular formula is C15H16N4OS3. The molecule has 0 bridgehead atoms. The van der Waals surface area contributed by atoms with Gasteiger partial charge in [0.15, 0.2) is 0 Å². The predicted octanol–water partition coefficient (Wildman–Crippen LogP) is 4.63. The molecule has 0 spiro atoms. The van der Waals surface area contributed by atoms with Crippen LogP contribution in [0.4, 0.5) is 5.13 Å². The van der Waals surface area contributed by atoms with Crippen molar-refractivity contribution < 1.29 is 4.79 Å². The number of carbonyl (C=O) groups is 1. The minimum atomic E-state index is -0.166. The highest BCUT2D eigenvalue weighted by atomic mass is 32.1. The Bertz CT molecular complexity index is 792. The fourth-order valence-electron chi connectivity index (χ4n) is 2.00. The fraction of sp³-hybridized carbons (Fsp3) is 0.333. The third kappa shape index (κ3) is 3.82. The van der Waals surface area contributed by atoms with Crippen LogP contribution in [0, 0.1) is 6.92 Å². The molecule has 3 aromatic rings. The van der Waals surface area contributed by atoms with E-state index in [0.717, 1.165) is 39.8 Å². The normalized spacial score (nSPS) is 10.9. The number of hydrogen-bond donors (Lipinski definition) is 1. The van der Waals surface area contributed by atoms with Crippen molar-refractivity contribution in [2.45, 2.75) is 33.1 Å². The topological polar surface area (TPSA) is 67.8 Å². The molecule has 0 saturated heterocycles. The number of thiazole rings is 1. The van der Waals surface area contributed by atoms with Crippen LogP contribution in [-0.4, -0.2) is 21.1 Å². The van der Waals surface area contributed by atoms with Gasteiger partial charge in [0.25, 0.3) is 5.91 Å². The Morgan fingerprint density at radius 2 is 2.17 bits per heavy atom. The second kappa shape index (κ2) is 7.29. The van der Waals surface area contributed by atoms with Crippen molar-refractivity contribution in [2.75, 3.05) is 5.32 Å². The molecule has 0 saturated carbocycles. The molecule has 0 unspecified atom stereocenters. The first-order chi connectivity index (χ1) is 11.2. The monoisotopic (exact) mass is 364 g/mol. The van der Waals surface area contributed by atoms with Crippen LogP contribution in [0.3, 0.4) is 0 Å². The Morgan fingerprint density at radius 3 is 2.91 bits per heavy atom. The van der Waals surface area contributed by atoms with E-state index in [-0.39, 0.29) is 5.91 Å². The maximum Gasteiger partial charge on any atom is 0.269 e. The van der Waals surface area contributed by atoms with Gasteiger partial charge in [-0.3, -0.25) is 10.1 Å². The van der Waals surface area contributed by atoms with Crippen LogP contribution < -0.4 is 5.32 Å². The SMILES string of the molecule is CCCCc1nnc(NC(=O)c2sc(-c3cccs3)nc2C)s1. The molecule has 120 valence electrons. The molecule has 0 aromatic carbocycles. The molecule has 3 aromatic heterocycles. The van der Waals surface area contributed by atoms with Gasteiger partial charge in [0.1, 0.15) is 14.9 Å². The van der Waals surface area contributed by atoms with E-state index in [1.54, 1.807) is 11.3 Å². The van der Waals surface area contributed by atoms with Crippen molar-refractivity contribution in [1.29, 1.82) is 0 Å². The number of anilines is 1. The molecule has 1 N–H and O–H groups in total. The third-order valence-electron chi connectivity index (χ3n) is 3.17. The second-order valence-corrected chi connectivity index (χ2v) is 7.98. The van der Waals surface area contributed by atoms with Gasteiger partial charge in [-0.15, -0.1) is 32.9 Å². The van der Waals surface area contributed by atoms with Gasteiger partial charge in [0.2, 0.25) is 5.13 Å². The summed E-state index contributed by atoms with van der Waals surface area (Å²) in [7, 11) is 0. The average molecular weight is 365 g/mol. The van der Waals surface area contributed by atoms with E-state index >= 15 is 0 Å². The van der Waals surface area contributed by atoms with Gasteiger partial charge in [0, 0.05) is 6.42 Å². The Labute approximate surface area is 146 Å². The van der Waals surface area contributed by atoms with Crippen LogP contribution in [-0.2, 0) is 6.42 Å². The van der Waals surface area contributed by atoms with E-state index in [0.29, 0.717) is 10.0 Å². The third-order valence-corrected chi connectivity index (χ3v) is 6.26. The van der Waals surface area contributed by atoms with Gasteiger partial charge in [-0.1, -0.05) is 30.7 Å². The number of aryl methyl sites for hydroxylation is 2. The van der Waals surface area contributed by atoms with E-state index in [1.165, 1.54) is 22.7 Å². The smallest absolute Gasteiger partial charge is 0.269 e. The van der Waals surface area contributed by atoms with E-state index in [2.05, 4.69) is 27.4 Å². The Balaban J connectivity index is 1.72. The number of aromatic nitrogens is 3. The summed E-state index contributed by atoms with van der Waals surface area (Å²) >= 11 is 4.47. The van der Waals surface area contributed by atoms with Crippen molar-refractivity contribution in [3.05, 3.63) is 33.1 Å². The Hall–Kier alpha value is -1.64. The number of nitrogens with one attached hydrogen (secondary N) is 1. The van der Waals surface area contributed by atoms with Gasteiger partial charge in [-0.05, 0) is 24.8 Å². The van der Waals surface area contributed by atoms with Crippen LogP contribution in [0.25, 0.3) is 9.88 Å². The zero-order valence-corrected chi connectivity index (χ0v) is 15.3. The minimum absolute atomic E-state index is 0.166. The molecule has 23 heavy (non-hydrogen) atoms. The summed E-state index contributed by atoms with van der Waals surface area (Å²) in [6.07, 6.45) is 3.11. The maximum atomic E-state index is 12.4. The Morgan fingerprint density at radius 1 is 1.30 bits per heavy atom. The summed E-state index contributed by atoms with van der Waals surface area (Å²) in [5.41, 5.74) is 0.742. The minimum Gasteiger partial charge on any atom is -0.296 e. The Kier molecular flexibility index (Phi) is 5.14. The van der Waals surface area contributed by atoms with Gasteiger partial charge in [0.05, 0.1) is 10.6 Å². The molecule has 3 heterocycles. The molecule has 0 aliphatic rings. The maximum absolute atomic E-state index is 12.4. The molecule has 0 radical (unpaired) electrons. The van der Waals surface area contributed by atoms with Crippen molar-refractivity contribution in [2.24, 2.45) is 0 Å². The number of amides is 1. The van der Waals surface area contributed by atoms with Crippen molar-refractivity contribution in [3.8, 4) is 9.88 Å². The van der Waals surface area contributed by atoms with Crippen LogP contribution >= 0.6 is 34.0 Å². The fourth-order valence-corrected chi connectivity index (χ4v) is 4.53. The molecule has 1 amide bonds. The van der Waals surface area contributed by atoms with Crippen molar-refractivity contribution in [3.63, 3.8) is 0 Å². The highest BCUT2D eigenvalue weighted by Gasteiger charge is 2.18. The van der Waals surface area contributed by atoms with Gasteiger partial charge < -0.3 is 0 Å². The molecular weight excluding hydrogens is 348 g/mol. The van der Waals surface area contributed by atoms with E-state index < -0.39 is 0 Å². The van der Waals surface area contributed by atoms with Gasteiger partial charge >= 0.3 is 0 Å². The summed E-state index contributed by atoms with van der Waals surface area (Å²) in [4.78, 5) is 18.6. The summed E-state index contributed by atoms with van der Waals surface area (Å²) in [5.74, 6) is -0.166. The lowest BCUT2D eigenvalue weighted by molar-refractivity contribution is 0.102. The number of nitrogens with zero attached hydrogens (tertiary/aromatic N) is 3. The first-order valence-electron chi connectivity index (χ1n) is 7.32. The summed E-state index contributed by atoms with van der Waals surface area (Å²) in [6.45, 7) is 4.00. The number of hydrogen-bond acceptors (Lipinski definition) is 7. The quantitative estimate of drug-likeness (QED) is 0.692. The predicted molar refractivity (Wildman–Crippen MR) is 96.6 cm³/mol. The highest BCUT2D eigenvalue weighted by molar-refractivity contribution is 7.22. The number of carbonyl (C=O) groups excluding carboxylic acids is 1. The largest absolute Gasteiger partial charge is 0.296 e. The van der Waals surface area contributed by atoms with Gasteiger partial charge in [-0.2, -0.15) is 0 Å². The highest BCUT2D eigenvalue weighted by Crippen LogP contribution is 2.31. The second-order valence-electron chi connectivity index (χ2n) is 4.97. The molecule has 8 heteroatoms. The van der Waals surface area contributed by atoms with Crippen molar-refractivity contribution in [1.82, 2.24) is 15.2 Å². The van der Waals surface area contributed by atoms with E-state index in [1.807, 2.05) is 24.4 Å². The summed E-state index contributed by atoms with van der Waals surface area (Å²) in [5, 5.41) is 15.4. The van der Waals surface area contributed by atoms with Crippen LogP contribution in [0.5, 0.6) is 0 Å². The van der Waals surface area contributed by atoms with E-state index in [9.17, 15) is 4.79 Å². The first kappa shape index (κ1) is 16.2. The van der Waals surface area contributed by atoms with Crippen LogP contribution in [0.15, 0.2) is 17.5 Å². The molecule has 5 nitrogen and oxygen atoms in total.